The molecule has 0 unspecified atom stereocenters. The molecule has 2 N–H and O–H groups in total. The fourth-order valence-electron chi connectivity index (χ4n) is 2.88. The summed E-state index contributed by atoms with van der Waals surface area (Å²) in [5.74, 6) is 0.667. The zero-order chi connectivity index (χ0) is 14.4. The van der Waals surface area contributed by atoms with Gasteiger partial charge in [-0.1, -0.05) is 0 Å². The lowest BCUT2D eigenvalue weighted by atomic mass is 10.1. The summed E-state index contributed by atoms with van der Waals surface area (Å²) in [6.45, 7) is 0. The summed E-state index contributed by atoms with van der Waals surface area (Å²) in [5, 5.41) is 0.737. The van der Waals surface area contributed by atoms with Crippen molar-refractivity contribution in [2.24, 2.45) is 7.05 Å². The Morgan fingerprint density at radius 1 is 1.35 bits per heavy atom. The van der Waals surface area contributed by atoms with E-state index in [0.717, 1.165) is 29.4 Å². The first-order chi connectivity index (χ1) is 9.60. The molecule has 1 fully saturated rings. The first-order valence-electron chi connectivity index (χ1n) is 6.63. The van der Waals surface area contributed by atoms with Gasteiger partial charge in [-0.05, 0) is 25.0 Å². The molecule has 2 aromatic rings. The van der Waals surface area contributed by atoms with Gasteiger partial charge in [0.2, 0.25) is 0 Å². The monoisotopic (exact) mass is 274 g/mol. The van der Waals surface area contributed by atoms with Crippen molar-refractivity contribution in [2.75, 3.05) is 20.0 Å². The highest BCUT2D eigenvalue weighted by atomic mass is 16.5. The number of aromatic nitrogens is 1. The van der Waals surface area contributed by atoms with Crippen LogP contribution >= 0.6 is 0 Å². The number of anilines is 1. The molecule has 1 aliphatic rings. The lowest BCUT2D eigenvalue weighted by Crippen LogP contribution is -2.06. The van der Waals surface area contributed by atoms with Crippen LogP contribution in [0.2, 0.25) is 0 Å². The van der Waals surface area contributed by atoms with Crippen molar-refractivity contribution in [3.63, 3.8) is 0 Å². The number of nitrogen functional groups attached to an aromatic ring is 1. The van der Waals surface area contributed by atoms with E-state index in [1.54, 1.807) is 7.11 Å². The van der Waals surface area contributed by atoms with Crippen molar-refractivity contribution in [2.45, 2.75) is 18.8 Å². The number of carbonyl (C=O) groups excluding carboxylic acids is 1. The molecule has 1 aromatic heterocycles. The minimum absolute atomic E-state index is 0.336. The van der Waals surface area contributed by atoms with Crippen molar-refractivity contribution < 1.29 is 14.3 Å². The number of aryl methyl sites for hydroxylation is 1. The fraction of sp³-hybridized carbons (Fsp3) is 0.400. The first-order valence-corrected chi connectivity index (χ1v) is 6.63. The molecule has 0 atom stereocenters. The second kappa shape index (κ2) is 4.44. The smallest absolute Gasteiger partial charge is 0.340 e. The fourth-order valence-corrected chi connectivity index (χ4v) is 2.88. The molecule has 3 rings (SSSR count). The number of hydrogen-bond acceptors (Lipinski definition) is 4. The number of nitrogens with zero attached hydrogens (tertiary/aromatic N) is 1. The Labute approximate surface area is 117 Å². The quantitative estimate of drug-likeness (QED) is 0.689. The number of hydrogen-bond donors (Lipinski definition) is 1. The maximum atomic E-state index is 12.2. The molecule has 0 radical (unpaired) electrons. The summed E-state index contributed by atoms with van der Waals surface area (Å²) in [4.78, 5) is 12.2. The Bertz CT molecular complexity index is 699. The van der Waals surface area contributed by atoms with Gasteiger partial charge in [-0.2, -0.15) is 0 Å². The number of carbonyl (C=O) groups is 1. The summed E-state index contributed by atoms with van der Waals surface area (Å²) < 4.78 is 12.3. The van der Waals surface area contributed by atoms with Gasteiger partial charge in [0.25, 0.3) is 0 Å². The molecule has 20 heavy (non-hydrogen) atoms. The summed E-state index contributed by atoms with van der Waals surface area (Å²) in [5.41, 5.74) is 9.22. The number of methoxy groups -OCH3 is 2. The Hall–Kier alpha value is -2.17. The third-order valence-electron chi connectivity index (χ3n) is 3.99. The average molecular weight is 274 g/mol. The molecule has 5 nitrogen and oxygen atoms in total. The molecule has 0 spiro atoms. The lowest BCUT2D eigenvalue weighted by molar-refractivity contribution is 0.0601. The van der Waals surface area contributed by atoms with E-state index in [0.29, 0.717) is 22.9 Å². The van der Waals surface area contributed by atoms with E-state index < -0.39 is 0 Å². The van der Waals surface area contributed by atoms with E-state index >= 15 is 0 Å². The molecule has 0 aliphatic heterocycles. The van der Waals surface area contributed by atoms with Gasteiger partial charge in [-0.3, -0.25) is 0 Å². The Balaban J connectivity index is 2.40. The van der Waals surface area contributed by atoms with Crippen molar-refractivity contribution >= 4 is 22.6 Å². The molecule has 1 saturated carbocycles. The van der Waals surface area contributed by atoms with Gasteiger partial charge in [-0.25, -0.2) is 4.79 Å². The molecule has 0 amide bonds. The van der Waals surface area contributed by atoms with Gasteiger partial charge in [-0.15, -0.1) is 0 Å². The molecular formula is C15H18N2O3. The van der Waals surface area contributed by atoms with Crippen molar-refractivity contribution in [3.8, 4) is 5.75 Å². The summed E-state index contributed by atoms with van der Waals surface area (Å²) >= 11 is 0. The second-order valence-corrected chi connectivity index (χ2v) is 5.16. The van der Waals surface area contributed by atoms with E-state index in [-0.39, 0.29) is 5.97 Å². The van der Waals surface area contributed by atoms with Gasteiger partial charge >= 0.3 is 5.97 Å². The standard InChI is InChI=1S/C15H18N2O3/c1-17-9-6-7-10(19-2)13(16)11(9)12(15(18)20-3)14(17)8-4-5-8/h6-8H,4-5,16H2,1-3H3. The summed E-state index contributed by atoms with van der Waals surface area (Å²) in [7, 11) is 4.93. The average Bonchev–Trinajstić information content (AvgIpc) is 3.24. The topological polar surface area (TPSA) is 66.5 Å². The Morgan fingerprint density at radius 3 is 2.60 bits per heavy atom. The van der Waals surface area contributed by atoms with Gasteiger partial charge in [0.15, 0.2) is 0 Å². The number of benzene rings is 1. The minimum Gasteiger partial charge on any atom is -0.495 e. The van der Waals surface area contributed by atoms with Crippen molar-refractivity contribution in [3.05, 3.63) is 23.4 Å². The minimum atomic E-state index is -0.336. The van der Waals surface area contributed by atoms with E-state index in [1.165, 1.54) is 7.11 Å². The molecule has 1 aliphatic carbocycles. The highest BCUT2D eigenvalue weighted by Gasteiger charge is 2.34. The normalized spacial score (nSPS) is 14.6. The number of ether oxygens (including phenoxy) is 2. The lowest BCUT2D eigenvalue weighted by Gasteiger charge is -2.07. The number of nitrogens with two attached hydrogens (primary N) is 1. The van der Waals surface area contributed by atoms with E-state index in [2.05, 4.69) is 4.57 Å². The van der Waals surface area contributed by atoms with Gasteiger partial charge < -0.3 is 19.8 Å². The molecular weight excluding hydrogens is 256 g/mol. The van der Waals surface area contributed by atoms with Crippen LogP contribution in [-0.2, 0) is 11.8 Å². The summed E-state index contributed by atoms with van der Waals surface area (Å²) in [6.07, 6.45) is 2.20. The number of rotatable bonds is 3. The van der Waals surface area contributed by atoms with Crippen LogP contribution in [0.5, 0.6) is 5.75 Å². The molecule has 1 heterocycles. The Morgan fingerprint density at radius 2 is 2.05 bits per heavy atom. The van der Waals surface area contributed by atoms with E-state index in [1.807, 2.05) is 19.2 Å². The zero-order valence-corrected chi connectivity index (χ0v) is 11.9. The maximum absolute atomic E-state index is 12.2. The molecule has 0 saturated heterocycles. The highest BCUT2D eigenvalue weighted by molar-refractivity contribution is 6.11. The Kier molecular flexibility index (Phi) is 2.85. The molecule has 0 bridgehead atoms. The third kappa shape index (κ3) is 1.66. The van der Waals surface area contributed by atoms with Crippen LogP contribution in [-0.4, -0.2) is 24.8 Å². The highest BCUT2D eigenvalue weighted by Crippen LogP contribution is 2.46. The molecule has 106 valence electrons. The van der Waals surface area contributed by atoms with Crippen LogP contribution in [0.3, 0.4) is 0 Å². The van der Waals surface area contributed by atoms with Gasteiger partial charge in [0.1, 0.15) is 5.75 Å². The predicted molar refractivity (Wildman–Crippen MR) is 77.2 cm³/mol. The number of fused-ring (bicyclic) bond motifs is 1. The third-order valence-corrected chi connectivity index (χ3v) is 3.99. The first kappa shape index (κ1) is 12.8. The number of esters is 1. The van der Waals surface area contributed by atoms with Crippen LogP contribution in [0.15, 0.2) is 12.1 Å². The van der Waals surface area contributed by atoms with Crippen LogP contribution in [0.4, 0.5) is 5.69 Å². The second-order valence-electron chi connectivity index (χ2n) is 5.16. The van der Waals surface area contributed by atoms with Crippen molar-refractivity contribution in [1.82, 2.24) is 4.57 Å². The van der Waals surface area contributed by atoms with Crippen LogP contribution in [0, 0.1) is 0 Å². The largest absolute Gasteiger partial charge is 0.495 e. The van der Waals surface area contributed by atoms with E-state index in [9.17, 15) is 4.79 Å². The predicted octanol–water partition coefficient (Wildman–Crippen LogP) is 2.43. The SMILES string of the molecule is COC(=O)c1c(C2CC2)n(C)c2ccc(OC)c(N)c12. The van der Waals surface area contributed by atoms with E-state index in [4.69, 9.17) is 15.2 Å². The van der Waals surface area contributed by atoms with Gasteiger partial charge in [0.05, 0.1) is 31.0 Å². The van der Waals surface area contributed by atoms with Gasteiger partial charge in [0, 0.05) is 24.0 Å². The summed E-state index contributed by atoms with van der Waals surface area (Å²) in [6, 6.07) is 3.76. The molecule has 5 heteroatoms. The van der Waals surface area contributed by atoms with Crippen LogP contribution in [0.25, 0.3) is 10.9 Å². The van der Waals surface area contributed by atoms with Crippen LogP contribution < -0.4 is 10.5 Å². The zero-order valence-electron chi connectivity index (χ0n) is 11.9. The maximum Gasteiger partial charge on any atom is 0.340 e. The van der Waals surface area contributed by atoms with Crippen LogP contribution in [0.1, 0.15) is 34.8 Å². The molecule has 1 aromatic carbocycles. The van der Waals surface area contributed by atoms with Crippen molar-refractivity contribution in [1.29, 1.82) is 0 Å².